The summed E-state index contributed by atoms with van der Waals surface area (Å²) in [7, 11) is -0.333. The lowest BCUT2D eigenvalue weighted by atomic mass is 9.76. The van der Waals surface area contributed by atoms with Crippen LogP contribution in [0.2, 0.25) is 6.82 Å². The first-order valence-electron chi connectivity index (χ1n) is 3.72. The molecule has 2 N–H and O–H groups in total. The molecule has 0 aromatic carbocycles. The highest BCUT2D eigenvalue weighted by atomic mass is 127. The molecular weight excluding hydrogens is 240 g/mol. The maximum atomic E-state index is 8.93. The highest BCUT2D eigenvalue weighted by Gasteiger charge is 2.28. The molecule has 0 spiro atoms. The Morgan fingerprint density at radius 2 is 2.30 bits per heavy atom. The zero-order valence-corrected chi connectivity index (χ0v) is 8.34. The van der Waals surface area contributed by atoms with E-state index >= 15 is 0 Å². The van der Waals surface area contributed by atoms with Gasteiger partial charge in [0.15, 0.2) is 0 Å². The molecular formula is C6H13BINO. The maximum Gasteiger partial charge on any atom is 0.373 e. The van der Waals surface area contributed by atoms with Crippen molar-refractivity contribution >= 4 is 29.6 Å². The Morgan fingerprint density at radius 3 is 2.70 bits per heavy atom. The minimum absolute atomic E-state index is 0.333. The summed E-state index contributed by atoms with van der Waals surface area (Å²) in [6.45, 7) is 1.78. The van der Waals surface area contributed by atoms with Gasteiger partial charge in [0.25, 0.3) is 0 Å². The summed E-state index contributed by atoms with van der Waals surface area (Å²) < 4.78 is 1.26. The van der Waals surface area contributed by atoms with Gasteiger partial charge in [0.2, 0.25) is 0 Å². The van der Waals surface area contributed by atoms with Crippen molar-refractivity contribution in [2.45, 2.75) is 25.7 Å². The van der Waals surface area contributed by atoms with Crippen LogP contribution in [0.15, 0.2) is 0 Å². The van der Waals surface area contributed by atoms with Crippen LogP contribution in [0.1, 0.15) is 12.8 Å². The summed E-state index contributed by atoms with van der Waals surface area (Å²) in [6.07, 6.45) is 2.49. The van der Waals surface area contributed by atoms with Gasteiger partial charge in [-0.3, -0.25) is 0 Å². The molecule has 0 bridgehead atoms. The van der Waals surface area contributed by atoms with E-state index in [1.165, 1.54) is 17.3 Å². The van der Waals surface area contributed by atoms with Crippen LogP contribution < -0.4 is 5.23 Å². The summed E-state index contributed by atoms with van der Waals surface area (Å²) in [4.78, 5) is 0. The fourth-order valence-corrected chi connectivity index (χ4v) is 2.06. The van der Waals surface area contributed by atoms with Crippen LogP contribution in [-0.2, 0) is 0 Å². The van der Waals surface area contributed by atoms with Crippen molar-refractivity contribution in [2.75, 3.05) is 4.43 Å². The summed E-state index contributed by atoms with van der Waals surface area (Å²) in [5.74, 6) is 0.900. The smallest absolute Gasteiger partial charge is 0.373 e. The van der Waals surface area contributed by atoms with Crippen LogP contribution in [-0.4, -0.2) is 22.5 Å². The molecule has 0 unspecified atom stereocenters. The molecule has 0 heterocycles. The SMILES string of the molecule is CB(O)NC1CC(CI)C1. The van der Waals surface area contributed by atoms with Gasteiger partial charge in [-0.25, -0.2) is 0 Å². The molecule has 0 aromatic heterocycles. The highest BCUT2D eigenvalue weighted by molar-refractivity contribution is 14.1. The Hall–Kier alpha value is 0.715. The van der Waals surface area contributed by atoms with Gasteiger partial charge < -0.3 is 10.3 Å². The highest BCUT2D eigenvalue weighted by Crippen LogP contribution is 2.28. The Balaban J connectivity index is 2.03. The molecule has 10 heavy (non-hydrogen) atoms. The van der Waals surface area contributed by atoms with Gasteiger partial charge in [0.1, 0.15) is 0 Å². The Morgan fingerprint density at radius 1 is 1.70 bits per heavy atom. The summed E-state index contributed by atoms with van der Waals surface area (Å²) >= 11 is 2.42. The first kappa shape index (κ1) is 8.81. The summed E-state index contributed by atoms with van der Waals surface area (Å²) in [5, 5.41) is 12.0. The molecule has 0 radical (unpaired) electrons. The standard InChI is InChI=1S/C6H13BINO/c1-7(10)9-6-2-5(3-6)4-8/h5-6,9-10H,2-4H2,1H3. The number of halogens is 1. The van der Waals surface area contributed by atoms with Crippen molar-refractivity contribution in [3.63, 3.8) is 0 Å². The van der Waals surface area contributed by atoms with Crippen LogP contribution in [0.25, 0.3) is 0 Å². The molecule has 1 saturated carbocycles. The van der Waals surface area contributed by atoms with Crippen LogP contribution in [0.5, 0.6) is 0 Å². The van der Waals surface area contributed by atoms with E-state index in [4.69, 9.17) is 5.02 Å². The van der Waals surface area contributed by atoms with E-state index < -0.39 is 0 Å². The Labute approximate surface area is 76.0 Å². The van der Waals surface area contributed by atoms with E-state index in [2.05, 4.69) is 27.8 Å². The lowest BCUT2D eigenvalue weighted by Crippen LogP contribution is -2.47. The van der Waals surface area contributed by atoms with Crippen LogP contribution in [0.3, 0.4) is 0 Å². The van der Waals surface area contributed by atoms with Gasteiger partial charge in [-0.05, 0) is 31.6 Å². The number of rotatable bonds is 3. The molecule has 58 valence electrons. The van der Waals surface area contributed by atoms with Crippen molar-refractivity contribution < 1.29 is 5.02 Å². The molecule has 0 saturated heterocycles. The zero-order valence-electron chi connectivity index (χ0n) is 6.18. The quantitative estimate of drug-likeness (QED) is 0.445. The van der Waals surface area contributed by atoms with Crippen molar-refractivity contribution in [1.29, 1.82) is 0 Å². The Bertz CT molecular complexity index is 106. The minimum atomic E-state index is -0.333. The zero-order chi connectivity index (χ0) is 7.56. The predicted molar refractivity (Wildman–Crippen MR) is 52.4 cm³/mol. The van der Waals surface area contributed by atoms with E-state index in [0.717, 1.165) is 5.92 Å². The Kier molecular flexibility index (Phi) is 3.46. The number of nitrogens with one attached hydrogen (secondary N) is 1. The lowest BCUT2D eigenvalue weighted by Gasteiger charge is -2.35. The fourth-order valence-electron chi connectivity index (χ4n) is 1.34. The molecule has 1 aliphatic carbocycles. The normalized spacial score (nSPS) is 31.5. The molecule has 1 aliphatic rings. The number of hydrogen-bond donors (Lipinski definition) is 2. The molecule has 1 fully saturated rings. The average molecular weight is 253 g/mol. The molecule has 0 amide bonds. The maximum absolute atomic E-state index is 8.93. The van der Waals surface area contributed by atoms with Gasteiger partial charge in [0.05, 0.1) is 0 Å². The van der Waals surface area contributed by atoms with Crippen molar-refractivity contribution in [1.82, 2.24) is 5.23 Å². The molecule has 1 rings (SSSR count). The van der Waals surface area contributed by atoms with Crippen LogP contribution in [0.4, 0.5) is 0 Å². The third kappa shape index (κ3) is 2.40. The molecule has 0 atom stereocenters. The molecule has 0 aromatic rings. The van der Waals surface area contributed by atoms with E-state index in [-0.39, 0.29) is 7.05 Å². The largest absolute Gasteiger partial charge is 0.437 e. The van der Waals surface area contributed by atoms with Crippen molar-refractivity contribution in [3.8, 4) is 0 Å². The first-order chi connectivity index (χ1) is 4.72. The number of hydrogen-bond acceptors (Lipinski definition) is 2. The molecule has 0 aliphatic heterocycles. The van der Waals surface area contributed by atoms with Gasteiger partial charge in [0, 0.05) is 4.43 Å². The average Bonchev–Trinajstić information content (AvgIpc) is 1.76. The van der Waals surface area contributed by atoms with Gasteiger partial charge in [-0.1, -0.05) is 22.6 Å². The fraction of sp³-hybridized carbons (Fsp3) is 1.00. The van der Waals surface area contributed by atoms with E-state index in [1.807, 2.05) is 0 Å². The molecule has 4 heteroatoms. The van der Waals surface area contributed by atoms with Crippen molar-refractivity contribution in [2.24, 2.45) is 5.92 Å². The third-order valence-corrected chi connectivity index (χ3v) is 3.18. The van der Waals surface area contributed by atoms with Gasteiger partial charge in [-0.2, -0.15) is 0 Å². The van der Waals surface area contributed by atoms with E-state index in [9.17, 15) is 0 Å². The van der Waals surface area contributed by atoms with Crippen LogP contribution >= 0.6 is 22.6 Å². The second-order valence-electron chi connectivity index (χ2n) is 3.03. The van der Waals surface area contributed by atoms with Crippen molar-refractivity contribution in [3.05, 3.63) is 0 Å². The monoisotopic (exact) mass is 253 g/mol. The minimum Gasteiger partial charge on any atom is -0.437 e. The van der Waals surface area contributed by atoms with E-state index in [0.29, 0.717) is 6.04 Å². The van der Waals surface area contributed by atoms with Gasteiger partial charge >= 0.3 is 7.05 Å². The first-order valence-corrected chi connectivity index (χ1v) is 5.25. The third-order valence-electron chi connectivity index (χ3n) is 1.93. The number of alkyl halides is 1. The summed E-state index contributed by atoms with van der Waals surface area (Å²) in [6, 6.07) is 0.583. The predicted octanol–water partition coefficient (Wildman–Crippen LogP) is 0.900. The topological polar surface area (TPSA) is 32.3 Å². The molecule has 2 nitrogen and oxygen atoms in total. The van der Waals surface area contributed by atoms with Gasteiger partial charge in [-0.15, -0.1) is 0 Å². The summed E-state index contributed by atoms with van der Waals surface area (Å²) in [5.41, 5.74) is 0. The van der Waals surface area contributed by atoms with E-state index in [1.54, 1.807) is 6.82 Å². The second kappa shape index (κ2) is 3.92. The lowest BCUT2D eigenvalue weighted by molar-refractivity contribution is 0.271. The van der Waals surface area contributed by atoms with Crippen LogP contribution in [0, 0.1) is 5.92 Å². The second-order valence-corrected chi connectivity index (χ2v) is 3.91.